The Morgan fingerprint density at radius 2 is 2.28 bits per heavy atom. The van der Waals surface area contributed by atoms with Gasteiger partial charge in [-0.15, -0.1) is 11.3 Å². The molecule has 1 unspecified atom stereocenters. The third-order valence-corrected chi connectivity index (χ3v) is 3.71. The Morgan fingerprint density at radius 1 is 1.56 bits per heavy atom. The Balaban J connectivity index is 2.46. The van der Waals surface area contributed by atoms with E-state index in [1.54, 1.807) is 11.3 Å². The number of aryl methyl sites for hydroxylation is 1. The molecule has 0 aliphatic carbocycles. The maximum atomic E-state index is 8.87. The summed E-state index contributed by atoms with van der Waals surface area (Å²) in [4.78, 5) is 12.5. The van der Waals surface area contributed by atoms with Crippen molar-refractivity contribution in [2.45, 2.75) is 13.8 Å². The number of hydrogen-bond donors (Lipinski definition) is 0. The van der Waals surface area contributed by atoms with Crippen LogP contribution in [0.5, 0.6) is 0 Å². The largest absolute Gasteiger partial charge is 0.358 e. The minimum Gasteiger partial charge on any atom is -0.358 e. The number of fused-ring (bicyclic) bond motifs is 1. The van der Waals surface area contributed by atoms with Gasteiger partial charge in [0.25, 0.3) is 0 Å². The van der Waals surface area contributed by atoms with Gasteiger partial charge in [0.05, 0.1) is 17.4 Å². The summed E-state index contributed by atoms with van der Waals surface area (Å²) in [6.07, 6.45) is 0. The van der Waals surface area contributed by atoms with Crippen LogP contribution in [0.25, 0.3) is 10.2 Å². The highest BCUT2D eigenvalue weighted by Crippen LogP contribution is 2.31. The Kier molecular flexibility index (Phi) is 3.69. The molecule has 0 spiro atoms. The van der Waals surface area contributed by atoms with E-state index in [1.807, 2.05) is 25.8 Å². The highest BCUT2D eigenvalue weighted by Gasteiger charge is 2.15. The maximum Gasteiger partial charge on any atom is 0.225 e. The summed E-state index contributed by atoms with van der Waals surface area (Å²) in [5.74, 6) is 0.731. The summed E-state index contributed by atoms with van der Waals surface area (Å²) < 4.78 is 0. The van der Waals surface area contributed by atoms with Crippen molar-refractivity contribution in [1.29, 1.82) is 5.26 Å². The Hall–Kier alpha value is -1.38. The number of thiophene rings is 1. The normalized spacial score (nSPS) is 12.4. The van der Waals surface area contributed by atoms with Gasteiger partial charge in [-0.25, -0.2) is 4.98 Å². The number of nitrogens with zero attached hydrogens (tertiary/aromatic N) is 4. The lowest BCUT2D eigenvalue weighted by Crippen LogP contribution is -2.24. The van der Waals surface area contributed by atoms with Gasteiger partial charge in [0, 0.05) is 18.5 Å². The quantitative estimate of drug-likeness (QED) is 0.810. The van der Waals surface area contributed by atoms with Crippen molar-refractivity contribution in [1.82, 2.24) is 9.97 Å². The molecule has 0 saturated heterocycles. The molecule has 0 amide bonds. The van der Waals surface area contributed by atoms with Crippen LogP contribution >= 0.6 is 22.9 Å². The van der Waals surface area contributed by atoms with Crippen LogP contribution in [0.2, 0.25) is 5.28 Å². The molecule has 0 aliphatic heterocycles. The Morgan fingerprint density at radius 3 is 2.94 bits per heavy atom. The minimum atomic E-state index is -0.0569. The van der Waals surface area contributed by atoms with Gasteiger partial charge < -0.3 is 4.90 Å². The molecule has 18 heavy (non-hydrogen) atoms. The van der Waals surface area contributed by atoms with E-state index in [1.165, 1.54) is 4.88 Å². The number of hydrogen-bond acceptors (Lipinski definition) is 5. The Bertz CT molecular complexity index is 616. The lowest BCUT2D eigenvalue weighted by atomic mass is 10.2. The summed E-state index contributed by atoms with van der Waals surface area (Å²) in [6, 6.07) is 4.27. The van der Waals surface area contributed by atoms with Crippen LogP contribution in [-0.2, 0) is 0 Å². The van der Waals surface area contributed by atoms with Crippen LogP contribution < -0.4 is 4.90 Å². The molecule has 0 N–H and O–H groups in total. The fourth-order valence-electron chi connectivity index (χ4n) is 1.83. The average Bonchev–Trinajstić information content (AvgIpc) is 2.67. The van der Waals surface area contributed by atoms with Crippen molar-refractivity contribution in [3.05, 3.63) is 16.2 Å². The lowest BCUT2D eigenvalue weighted by molar-refractivity contribution is 0.711. The maximum absolute atomic E-state index is 8.87. The van der Waals surface area contributed by atoms with Crippen LogP contribution in [-0.4, -0.2) is 23.6 Å². The molecule has 2 aromatic rings. The molecule has 0 bridgehead atoms. The average molecular weight is 281 g/mol. The zero-order valence-corrected chi connectivity index (χ0v) is 12.0. The minimum absolute atomic E-state index is 0.0569. The summed E-state index contributed by atoms with van der Waals surface area (Å²) in [5.41, 5.74) is 0. The van der Waals surface area contributed by atoms with E-state index < -0.39 is 0 Å². The summed E-state index contributed by atoms with van der Waals surface area (Å²) in [5, 5.41) is 10.1. The van der Waals surface area contributed by atoms with Gasteiger partial charge in [-0.3, -0.25) is 0 Å². The standard InChI is InChI=1S/C12H13ClN4S/c1-7(5-14)6-17(3)10-9-4-8(2)18-11(9)16-12(13)15-10/h4,7H,6H2,1-3H3. The van der Waals surface area contributed by atoms with Crippen molar-refractivity contribution in [3.8, 4) is 6.07 Å². The van der Waals surface area contributed by atoms with Gasteiger partial charge in [-0.05, 0) is 31.5 Å². The van der Waals surface area contributed by atoms with Crippen molar-refractivity contribution < 1.29 is 0 Å². The topological polar surface area (TPSA) is 52.8 Å². The lowest BCUT2D eigenvalue weighted by Gasteiger charge is -2.19. The highest BCUT2D eigenvalue weighted by atomic mass is 35.5. The van der Waals surface area contributed by atoms with E-state index in [2.05, 4.69) is 22.1 Å². The molecule has 94 valence electrons. The molecule has 6 heteroatoms. The van der Waals surface area contributed by atoms with Crippen LogP contribution in [0.3, 0.4) is 0 Å². The number of aromatic nitrogens is 2. The summed E-state index contributed by atoms with van der Waals surface area (Å²) >= 11 is 7.54. The molecule has 0 fully saturated rings. The molecule has 0 radical (unpaired) electrons. The zero-order valence-electron chi connectivity index (χ0n) is 10.4. The Labute approximate surface area is 115 Å². The van der Waals surface area contributed by atoms with E-state index in [-0.39, 0.29) is 11.2 Å². The van der Waals surface area contributed by atoms with Crippen LogP contribution in [0.15, 0.2) is 6.07 Å². The zero-order chi connectivity index (χ0) is 13.3. The van der Waals surface area contributed by atoms with Crippen molar-refractivity contribution in [2.75, 3.05) is 18.5 Å². The first-order chi connectivity index (χ1) is 8.51. The number of nitriles is 1. The number of rotatable bonds is 3. The molecule has 1 atom stereocenters. The fourth-order valence-corrected chi connectivity index (χ4v) is 2.92. The van der Waals surface area contributed by atoms with Gasteiger partial charge in [-0.1, -0.05) is 0 Å². The number of halogens is 1. The molecular weight excluding hydrogens is 268 g/mol. The predicted octanol–water partition coefficient (Wildman–Crippen LogP) is 3.25. The monoisotopic (exact) mass is 280 g/mol. The molecule has 4 nitrogen and oxygen atoms in total. The summed E-state index contributed by atoms with van der Waals surface area (Å²) in [6.45, 7) is 4.53. The molecule has 2 rings (SSSR count). The molecule has 2 aromatic heterocycles. The molecule has 2 heterocycles. The van der Waals surface area contributed by atoms with Crippen molar-refractivity contribution in [2.24, 2.45) is 5.92 Å². The first-order valence-corrected chi connectivity index (χ1v) is 6.75. The smallest absolute Gasteiger partial charge is 0.225 e. The van der Waals surface area contributed by atoms with E-state index in [9.17, 15) is 0 Å². The third kappa shape index (κ3) is 2.55. The first kappa shape index (κ1) is 13.1. The van der Waals surface area contributed by atoms with Gasteiger partial charge in [0.15, 0.2) is 0 Å². The van der Waals surface area contributed by atoms with Crippen molar-refractivity contribution >= 4 is 39.0 Å². The predicted molar refractivity (Wildman–Crippen MR) is 75.2 cm³/mol. The van der Waals surface area contributed by atoms with Crippen LogP contribution in [0.4, 0.5) is 5.82 Å². The molecular formula is C12H13ClN4S. The van der Waals surface area contributed by atoms with Gasteiger partial charge in [-0.2, -0.15) is 10.2 Å². The van der Waals surface area contributed by atoms with E-state index in [0.717, 1.165) is 16.0 Å². The van der Waals surface area contributed by atoms with E-state index in [4.69, 9.17) is 16.9 Å². The SMILES string of the molecule is Cc1cc2c(N(C)CC(C)C#N)nc(Cl)nc2s1. The third-order valence-electron chi connectivity index (χ3n) is 2.60. The second-order valence-electron chi connectivity index (χ2n) is 4.30. The molecule has 0 saturated carbocycles. The fraction of sp³-hybridized carbons (Fsp3) is 0.417. The molecule has 0 aromatic carbocycles. The van der Waals surface area contributed by atoms with Crippen LogP contribution in [0.1, 0.15) is 11.8 Å². The van der Waals surface area contributed by atoms with E-state index in [0.29, 0.717) is 6.54 Å². The van der Waals surface area contributed by atoms with Gasteiger partial charge in [0.2, 0.25) is 5.28 Å². The second kappa shape index (κ2) is 5.09. The highest BCUT2D eigenvalue weighted by molar-refractivity contribution is 7.18. The van der Waals surface area contributed by atoms with Gasteiger partial charge in [0.1, 0.15) is 10.6 Å². The first-order valence-electron chi connectivity index (χ1n) is 5.55. The van der Waals surface area contributed by atoms with E-state index >= 15 is 0 Å². The summed E-state index contributed by atoms with van der Waals surface area (Å²) in [7, 11) is 1.92. The number of anilines is 1. The van der Waals surface area contributed by atoms with Gasteiger partial charge >= 0.3 is 0 Å². The molecule has 0 aliphatic rings. The second-order valence-corrected chi connectivity index (χ2v) is 5.88. The van der Waals surface area contributed by atoms with Crippen LogP contribution in [0, 0.1) is 24.2 Å². The van der Waals surface area contributed by atoms with Crippen molar-refractivity contribution in [3.63, 3.8) is 0 Å².